The van der Waals surface area contributed by atoms with Crippen molar-refractivity contribution in [2.24, 2.45) is 0 Å². The number of halogens is 3. The van der Waals surface area contributed by atoms with Crippen molar-refractivity contribution in [2.75, 3.05) is 0 Å². The molecule has 1 N–H and O–H groups in total. The fourth-order valence-corrected chi connectivity index (χ4v) is 2.09. The van der Waals surface area contributed by atoms with Gasteiger partial charge in [0.2, 0.25) is 6.10 Å². The van der Waals surface area contributed by atoms with Crippen LogP contribution in [0.1, 0.15) is 40.5 Å². The summed E-state index contributed by atoms with van der Waals surface area (Å²) in [6.07, 6.45) is -7.13. The van der Waals surface area contributed by atoms with Crippen molar-refractivity contribution < 1.29 is 27.4 Å². The van der Waals surface area contributed by atoms with Crippen molar-refractivity contribution in [1.29, 1.82) is 0 Å². The number of alkyl carbamates (subject to hydrolysis) is 1. The Hall–Kier alpha value is -1.92. The maximum Gasteiger partial charge on any atom is 0.427 e. The Morgan fingerprint density at radius 1 is 1.17 bits per heavy atom. The van der Waals surface area contributed by atoms with Gasteiger partial charge in [-0.25, -0.2) is 4.79 Å². The number of amides is 1. The van der Waals surface area contributed by atoms with Gasteiger partial charge in [-0.2, -0.15) is 13.2 Å². The van der Waals surface area contributed by atoms with Crippen molar-refractivity contribution in [1.82, 2.24) is 5.32 Å². The van der Waals surface area contributed by atoms with Gasteiger partial charge in [0, 0.05) is 0 Å². The Balaban J connectivity index is 2.94. The quantitative estimate of drug-likeness (QED) is 0.812. The number of carbonyl (C=O) groups excluding carboxylic acids is 1. The van der Waals surface area contributed by atoms with E-state index in [4.69, 9.17) is 9.47 Å². The molecular weight excluding hydrogens is 323 g/mol. The van der Waals surface area contributed by atoms with Gasteiger partial charge in [-0.3, -0.25) is 0 Å². The van der Waals surface area contributed by atoms with E-state index in [2.05, 4.69) is 5.32 Å². The maximum absolute atomic E-state index is 13.5. The first-order chi connectivity index (χ1) is 11.0. The van der Waals surface area contributed by atoms with E-state index in [9.17, 15) is 18.0 Å². The van der Waals surface area contributed by atoms with E-state index in [1.165, 1.54) is 12.1 Å². The number of benzene rings is 1. The molecule has 2 unspecified atom stereocenters. The molecule has 1 amide bonds. The second kappa shape index (κ2) is 8.26. The minimum atomic E-state index is -4.63. The third-order valence-corrected chi connectivity index (χ3v) is 3.00. The summed E-state index contributed by atoms with van der Waals surface area (Å²) in [4.78, 5) is 11.9. The molecule has 0 saturated carbocycles. The Labute approximate surface area is 140 Å². The maximum atomic E-state index is 13.5. The van der Waals surface area contributed by atoms with E-state index in [0.29, 0.717) is 6.42 Å². The molecule has 0 spiro atoms. The van der Waals surface area contributed by atoms with E-state index in [1.54, 1.807) is 45.9 Å². The van der Waals surface area contributed by atoms with Gasteiger partial charge in [0.25, 0.3) is 0 Å². The molecular formula is C17H24F3NO3. The van der Waals surface area contributed by atoms with E-state index in [0.717, 1.165) is 0 Å². The number of ether oxygens (including phenoxy) is 2. The minimum absolute atomic E-state index is 0.0897. The minimum Gasteiger partial charge on any atom is -0.479 e. The molecule has 0 fully saturated rings. The topological polar surface area (TPSA) is 47.6 Å². The summed E-state index contributed by atoms with van der Waals surface area (Å²) in [7, 11) is 0. The summed E-state index contributed by atoms with van der Waals surface area (Å²) in [5.74, 6) is 0.0897. The van der Waals surface area contributed by atoms with Crippen LogP contribution in [0, 0.1) is 0 Å². The van der Waals surface area contributed by atoms with Gasteiger partial charge in [-0.15, -0.1) is 0 Å². The Bertz CT molecular complexity index is 512. The first-order valence-electron chi connectivity index (χ1n) is 7.81. The van der Waals surface area contributed by atoms with Crippen LogP contribution in [0.3, 0.4) is 0 Å². The fraction of sp³-hybridized carbons (Fsp3) is 0.588. The molecule has 0 aliphatic rings. The van der Waals surface area contributed by atoms with E-state index in [-0.39, 0.29) is 12.2 Å². The first-order valence-corrected chi connectivity index (χ1v) is 7.81. The molecule has 0 aliphatic heterocycles. The monoisotopic (exact) mass is 347 g/mol. The largest absolute Gasteiger partial charge is 0.479 e. The molecule has 1 aromatic rings. The second-order valence-electron chi connectivity index (χ2n) is 6.43. The van der Waals surface area contributed by atoms with Crippen LogP contribution in [-0.4, -0.2) is 30.0 Å². The normalized spacial score (nSPS) is 14.6. The van der Waals surface area contributed by atoms with Crippen LogP contribution in [0.25, 0.3) is 0 Å². The fourth-order valence-electron chi connectivity index (χ4n) is 2.09. The number of para-hydroxylation sites is 1. The van der Waals surface area contributed by atoms with Crippen LogP contribution in [0.15, 0.2) is 30.3 Å². The Kier molecular flexibility index (Phi) is 6.93. The zero-order valence-corrected chi connectivity index (χ0v) is 14.3. The van der Waals surface area contributed by atoms with Gasteiger partial charge < -0.3 is 14.8 Å². The lowest BCUT2D eigenvalue weighted by atomic mass is 10.1. The first kappa shape index (κ1) is 20.1. The summed E-state index contributed by atoms with van der Waals surface area (Å²) in [6, 6.07) is 6.48. The van der Waals surface area contributed by atoms with Crippen molar-refractivity contribution in [3.8, 4) is 5.75 Å². The van der Waals surface area contributed by atoms with Crippen LogP contribution in [0.5, 0.6) is 5.75 Å². The van der Waals surface area contributed by atoms with Gasteiger partial charge >= 0.3 is 12.3 Å². The molecule has 1 aromatic carbocycles. The van der Waals surface area contributed by atoms with Gasteiger partial charge in [0.1, 0.15) is 11.4 Å². The SMILES string of the molecule is CCCC(NC(=O)OC(C)(C)C)C(Oc1ccccc1)C(F)(F)F. The van der Waals surface area contributed by atoms with Gasteiger partial charge in [0.15, 0.2) is 0 Å². The van der Waals surface area contributed by atoms with Crippen LogP contribution in [0.2, 0.25) is 0 Å². The molecule has 7 heteroatoms. The molecule has 0 aromatic heterocycles. The zero-order chi connectivity index (χ0) is 18.4. The molecule has 0 radical (unpaired) electrons. The number of alkyl halides is 3. The van der Waals surface area contributed by atoms with Gasteiger partial charge in [-0.1, -0.05) is 31.5 Å². The predicted molar refractivity (Wildman–Crippen MR) is 85.0 cm³/mol. The third kappa shape index (κ3) is 7.10. The standard InChI is InChI=1S/C17H24F3NO3/c1-5-9-13(21-15(22)24-16(2,3)4)14(17(18,19)20)23-12-10-7-6-8-11-12/h6-8,10-11,13-14H,5,9H2,1-4H3,(H,21,22). The summed E-state index contributed by atoms with van der Waals surface area (Å²) in [6.45, 7) is 6.66. The average Bonchev–Trinajstić information content (AvgIpc) is 2.42. The highest BCUT2D eigenvalue weighted by Crippen LogP contribution is 2.29. The van der Waals surface area contributed by atoms with Crippen molar-refractivity contribution >= 4 is 6.09 Å². The highest BCUT2D eigenvalue weighted by molar-refractivity contribution is 5.68. The van der Waals surface area contributed by atoms with Crippen molar-refractivity contribution in [2.45, 2.75) is 64.5 Å². The Morgan fingerprint density at radius 3 is 2.21 bits per heavy atom. The number of nitrogens with one attached hydrogen (secondary N) is 1. The molecule has 136 valence electrons. The van der Waals surface area contributed by atoms with Crippen LogP contribution in [0.4, 0.5) is 18.0 Å². The van der Waals surface area contributed by atoms with Crippen LogP contribution < -0.4 is 10.1 Å². The lowest BCUT2D eigenvalue weighted by molar-refractivity contribution is -0.203. The van der Waals surface area contributed by atoms with E-state index in [1.807, 2.05) is 0 Å². The molecule has 0 bridgehead atoms. The molecule has 0 saturated heterocycles. The molecule has 24 heavy (non-hydrogen) atoms. The lowest BCUT2D eigenvalue weighted by Gasteiger charge is -2.31. The third-order valence-electron chi connectivity index (χ3n) is 3.00. The second-order valence-corrected chi connectivity index (χ2v) is 6.43. The number of carbonyl (C=O) groups is 1. The number of hydrogen-bond acceptors (Lipinski definition) is 3. The number of rotatable bonds is 6. The van der Waals surface area contributed by atoms with E-state index >= 15 is 0 Å². The van der Waals surface area contributed by atoms with Crippen LogP contribution >= 0.6 is 0 Å². The van der Waals surface area contributed by atoms with Crippen molar-refractivity contribution in [3.05, 3.63) is 30.3 Å². The van der Waals surface area contributed by atoms with Gasteiger partial charge in [-0.05, 0) is 39.3 Å². The average molecular weight is 347 g/mol. The molecule has 1 rings (SSSR count). The predicted octanol–water partition coefficient (Wildman–Crippen LogP) is 4.69. The van der Waals surface area contributed by atoms with Crippen LogP contribution in [-0.2, 0) is 4.74 Å². The number of hydrogen-bond donors (Lipinski definition) is 1. The molecule has 0 aliphatic carbocycles. The molecule has 0 heterocycles. The smallest absolute Gasteiger partial charge is 0.427 e. The Morgan fingerprint density at radius 2 is 1.75 bits per heavy atom. The highest BCUT2D eigenvalue weighted by atomic mass is 19.4. The summed E-state index contributed by atoms with van der Waals surface area (Å²) in [5.41, 5.74) is -0.797. The highest BCUT2D eigenvalue weighted by Gasteiger charge is 2.47. The molecule has 2 atom stereocenters. The summed E-state index contributed by atoms with van der Waals surface area (Å²) in [5, 5.41) is 2.30. The zero-order valence-electron chi connectivity index (χ0n) is 14.3. The molecule has 4 nitrogen and oxygen atoms in total. The van der Waals surface area contributed by atoms with Gasteiger partial charge in [0.05, 0.1) is 6.04 Å². The van der Waals surface area contributed by atoms with Crippen molar-refractivity contribution in [3.63, 3.8) is 0 Å². The lowest BCUT2D eigenvalue weighted by Crippen LogP contribution is -2.53. The summed E-state index contributed by atoms with van der Waals surface area (Å²) >= 11 is 0. The summed E-state index contributed by atoms with van der Waals surface area (Å²) < 4.78 is 50.5. The van der Waals surface area contributed by atoms with E-state index < -0.39 is 30.0 Å².